The minimum Gasteiger partial charge on any atom is -0.372 e. The third kappa shape index (κ3) is 4.71. The zero-order chi connectivity index (χ0) is 19.2. The van der Waals surface area contributed by atoms with Gasteiger partial charge in [0.2, 0.25) is 11.8 Å². The smallest absolute Gasteiger partial charge is 0.249 e. The minimum atomic E-state index is -0.142. The molecule has 144 valence electrons. The monoisotopic (exact) mass is 371 g/mol. The van der Waals surface area contributed by atoms with Gasteiger partial charge in [-0.3, -0.25) is 14.6 Å². The van der Waals surface area contributed by atoms with Gasteiger partial charge in [-0.15, -0.1) is 0 Å². The van der Waals surface area contributed by atoms with Gasteiger partial charge in [0.15, 0.2) is 0 Å². The predicted molar refractivity (Wildman–Crippen MR) is 98.6 cm³/mol. The predicted octanol–water partition coefficient (Wildman–Crippen LogP) is 1.08. The third-order valence-corrected chi connectivity index (χ3v) is 4.56. The van der Waals surface area contributed by atoms with Crippen LogP contribution in [0.2, 0.25) is 0 Å². The molecule has 27 heavy (non-hydrogen) atoms. The number of fused-ring (bicyclic) bond motifs is 1. The molecule has 0 radical (unpaired) electrons. The van der Waals surface area contributed by atoms with E-state index in [-0.39, 0.29) is 30.9 Å². The Balaban J connectivity index is 1.58. The highest BCUT2D eigenvalue weighted by atomic mass is 16.5. The number of pyridine rings is 1. The molecule has 1 aliphatic heterocycles. The number of hydrogen-bond donors (Lipinski definition) is 1. The SMILES string of the molecule is CCOCC(=O)N1CCn2cc(CC(=O)NCc3ccccn3)nc2[C@H]1C. The minimum absolute atomic E-state index is 0.0340. The first-order chi connectivity index (χ1) is 13.1. The van der Waals surface area contributed by atoms with Gasteiger partial charge >= 0.3 is 0 Å². The lowest BCUT2D eigenvalue weighted by atomic mass is 10.2. The van der Waals surface area contributed by atoms with Crippen molar-refractivity contribution in [3.63, 3.8) is 0 Å². The maximum absolute atomic E-state index is 12.3. The number of ether oxygens (including phenoxy) is 1. The van der Waals surface area contributed by atoms with Gasteiger partial charge in [0, 0.05) is 32.1 Å². The van der Waals surface area contributed by atoms with Crippen LogP contribution in [0.15, 0.2) is 30.6 Å². The van der Waals surface area contributed by atoms with Gasteiger partial charge in [-0.25, -0.2) is 4.98 Å². The highest BCUT2D eigenvalue weighted by molar-refractivity contribution is 5.78. The van der Waals surface area contributed by atoms with Crippen LogP contribution in [0.5, 0.6) is 0 Å². The fourth-order valence-electron chi connectivity index (χ4n) is 3.16. The summed E-state index contributed by atoms with van der Waals surface area (Å²) in [6.07, 6.45) is 3.80. The number of nitrogens with one attached hydrogen (secondary N) is 1. The largest absolute Gasteiger partial charge is 0.372 e. The van der Waals surface area contributed by atoms with E-state index in [1.165, 1.54) is 0 Å². The molecule has 3 rings (SSSR count). The Hall–Kier alpha value is -2.74. The van der Waals surface area contributed by atoms with Crippen molar-refractivity contribution < 1.29 is 14.3 Å². The Morgan fingerprint density at radius 2 is 2.15 bits per heavy atom. The second kappa shape index (κ2) is 8.77. The number of imidazole rings is 1. The van der Waals surface area contributed by atoms with Crippen molar-refractivity contribution in [3.05, 3.63) is 47.8 Å². The van der Waals surface area contributed by atoms with Crippen LogP contribution in [-0.2, 0) is 33.8 Å². The molecule has 3 heterocycles. The molecule has 0 unspecified atom stereocenters. The third-order valence-electron chi connectivity index (χ3n) is 4.56. The Morgan fingerprint density at radius 1 is 1.30 bits per heavy atom. The Labute approximate surface area is 158 Å². The van der Waals surface area contributed by atoms with Crippen LogP contribution in [-0.4, -0.2) is 51.0 Å². The maximum Gasteiger partial charge on any atom is 0.249 e. The number of amides is 2. The molecule has 1 atom stereocenters. The van der Waals surface area contributed by atoms with Gasteiger partial charge in [-0.1, -0.05) is 6.07 Å². The van der Waals surface area contributed by atoms with E-state index in [9.17, 15) is 9.59 Å². The molecule has 8 heteroatoms. The second-order valence-electron chi connectivity index (χ2n) is 6.46. The number of hydrogen-bond acceptors (Lipinski definition) is 5. The van der Waals surface area contributed by atoms with Crippen LogP contribution in [0.25, 0.3) is 0 Å². The first-order valence-corrected chi connectivity index (χ1v) is 9.18. The normalized spacial score (nSPS) is 16.1. The fourth-order valence-corrected chi connectivity index (χ4v) is 3.16. The molecule has 2 amide bonds. The van der Waals surface area contributed by atoms with Crippen LogP contribution < -0.4 is 5.32 Å². The molecule has 0 bridgehead atoms. The summed E-state index contributed by atoms with van der Waals surface area (Å²) >= 11 is 0. The summed E-state index contributed by atoms with van der Waals surface area (Å²) in [5.74, 6) is 0.667. The lowest BCUT2D eigenvalue weighted by Crippen LogP contribution is -2.42. The summed E-state index contributed by atoms with van der Waals surface area (Å²) in [5.41, 5.74) is 1.52. The summed E-state index contributed by atoms with van der Waals surface area (Å²) in [6.45, 7) is 6.09. The molecule has 0 fully saturated rings. The molecular weight excluding hydrogens is 346 g/mol. The zero-order valence-corrected chi connectivity index (χ0v) is 15.7. The maximum atomic E-state index is 12.3. The van der Waals surface area contributed by atoms with Gasteiger partial charge in [0.25, 0.3) is 0 Å². The molecule has 0 aliphatic carbocycles. The van der Waals surface area contributed by atoms with E-state index in [0.29, 0.717) is 31.9 Å². The van der Waals surface area contributed by atoms with Crippen LogP contribution in [0, 0.1) is 0 Å². The highest BCUT2D eigenvalue weighted by Gasteiger charge is 2.29. The summed E-state index contributed by atoms with van der Waals surface area (Å²) in [5, 5.41) is 2.86. The van der Waals surface area contributed by atoms with Gasteiger partial charge in [-0.05, 0) is 26.0 Å². The number of nitrogens with zero attached hydrogens (tertiary/aromatic N) is 4. The zero-order valence-electron chi connectivity index (χ0n) is 15.7. The van der Waals surface area contributed by atoms with E-state index in [1.54, 1.807) is 11.1 Å². The molecular formula is C19H25N5O3. The molecule has 2 aromatic rings. The molecule has 0 spiro atoms. The Morgan fingerprint density at radius 3 is 2.89 bits per heavy atom. The van der Waals surface area contributed by atoms with E-state index >= 15 is 0 Å². The number of carbonyl (C=O) groups is 2. The van der Waals surface area contributed by atoms with Crippen molar-refractivity contribution in [3.8, 4) is 0 Å². The molecule has 2 aromatic heterocycles. The molecule has 1 aliphatic rings. The van der Waals surface area contributed by atoms with Crippen molar-refractivity contribution in [2.24, 2.45) is 0 Å². The fraction of sp³-hybridized carbons (Fsp3) is 0.474. The Bertz CT molecular complexity index is 790. The van der Waals surface area contributed by atoms with Crippen LogP contribution in [0.4, 0.5) is 0 Å². The van der Waals surface area contributed by atoms with Crippen molar-refractivity contribution in [1.29, 1.82) is 0 Å². The van der Waals surface area contributed by atoms with E-state index in [0.717, 1.165) is 11.5 Å². The van der Waals surface area contributed by atoms with Gasteiger partial charge in [-0.2, -0.15) is 0 Å². The van der Waals surface area contributed by atoms with E-state index < -0.39 is 0 Å². The summed E-state index contributed by atoms with van der Waals surface area (Å²) in [7, 11) is 0. The molecule has 1 N–H and O–H groups in total. The molecule has 0 saturated carbocycles. The van der Waals surface area contributed by atoms with E-state index in [4.69, 9.17) is 4.74 Å². The number of aromatic nitrogens is 3. The summed E-state index contributed by atoms with van der Waals surface area (Å²) in [4.78, 5) is 35.0. The van der Waals surface area contributed by atoms with Crippen molar-refractivity contribution in [1.82, 2.24) is 24.8 Å². The standard InChI is InChI=1S/C19H25N5O3/c1-3-27-13-18(26)24-9-8-23-12-16(22-19(23)14(24)2)10-17(25)21-11-15-6-4-5-7-20-15/h4-7,12,14H,3,8-11,13H2,1-2H3,(H,21,25)/t14-/m1/s1. The first kappa shape index (κ1) is 19.0. The van der Waals surface area contributed by atoms with Crippen molar-refractivity contribution in [2.75, 3.05) is 19.8 Å². The van der Waals surface area contributed by atoms with E-state index in [1.807, 2.05) is 42.8 Å². The summed E-state index contributed by atoms with van der Waals surface area (Å²) < 4.78 is 7.25. The second-order valence-corrected chi connectivity index (χ2v) is 6.46. The highest BCUT2D eigenvalue weighted by Crippen LogP contribution is 2.24. The lowest BCUT2D eigenvalue weighted by molar-refractivity contribution is -0.139. The molecule has 0 saturated heterocycles. The van der Waals surface area contributed by atoms with Crippen molar-refractivity contribution >= 4 is 11.8 Å². The van der Waals surface area contributed by atoms with Gasteiger partial charge < -0.3 is 19.5 Å². The quantitative estimate of drug-likeness (QED) is 0.787. The first-order valence-electron chi connectivity index (χ1n) is 9.18. The van der Waals surface area contributed by atoms with Crippen LogP contribution in [0.1, 0.15) is 37.1 Å². The van der Waals surface area contributed by atoms with E-state index in [2.05, 4.69) is 15.3 Å². The average Bonchev–Trinajstić information content (AvgIpc) is 3.09. The Kier molecular flexibility index (Phi) is 6.18. The lowest BCUT2D eigenvalue weighted by Gasteiger charge is -2.33. The van der Waals surface area contributed by atoms with Crippen LogP contribution >= 0.6 is 0 Å². The topological polar surface area (TPSA) is 89.4 Å². The van der Waals surface area contributed by atoms with Gasteiger partial charge in [0.05, 0.1) is 30.4 Å². The number of rotatable bonds is 7. The summed E-state index contributed by atoms with van der Waals surface area (Å²) in [6, 6.07) is 5.45. The number of carbonyl (C=O) groups excluding carboxylic acids is 2. The van der Waals surface area contributed by atoms with Gasteiger partial charge in [0.1, 0.15) is 12.4 Å². The van der Waals surface area contributed by atoms with Crippen LogP contribution in [0.3, 0.4) is 0 Å². The molecule has 8 nitrogen and oxygen atoms in total. The average molecular weight is 371 g/mol. The van der Waals surface area contributed by atoms with Crippen molar-refractivity contribution in [2.45, 2.75) is 39.4 Å². The molecule has 0 aromatic carbocycles.